The van der Waals surface area contributed by atoms with E-state index in [9.17, 15) is 24.5 Å². The van der Waals surface area contributed by atoms with Crippen LogP contribution in [0.2, 0.25) is 0 Å². The lowest BCUT2D eigenvalue weighted by molar-refractivity contribution is -0.384. The number of nitro benzene ring substituents is 1. The molecule has 3 heterocycles. The molecule has 3 aromatic heterocycles. The quantitative estimate of drug-likeness (QED) is 0.133. The second-order valence-corrected chi connectivity index (χ2v) is 8.80. The number of benzene rings is 2. The first kappa shape index (κ1) is 26.2. The fourth-order valence-corrected chi connectivity index (χ4v) is 4.37. The lowest BCUT2D eigenvalue weighted by Gasteiger charge is -2.15. The maximum Gasteiger partial charge on any atom is 0.341 e. The molecule has 0 spiro atoms. The van der Waals surface area contributed by atoms with E-state index in [1.807, 2.05) is 30.3 Å². The molecular formula is C29H23N5O6. The fourth-order valence-electron chi connectivity index (χ4n) is 4.37. The molecule has 0 saturated carbocycles. The molecule has 0 saturated heterocycles. The summed E-state index contributed by atoms with van der Waals surface area (Å²) in [5.74, 6) is -1.58. The van der Waals surface area contributed by atoms with Crippen LogP contribution >= 0.6 is 0 Å². The van der Waals surface area contributed by atoms with Gasteiger partial charge in [0, 0.05) is 30.4 Å². The average Bonchev–Trinajstić information content (AvgIpc) is 2.97. The first-order valence-corrected chi connectivity index (χ1v) is 12.5. The summed E-state index contributed by atoms with van der Waals surface area (Å²) in [5.41, 5.74) is 0.684. The predicted octanol–water partition coefficient (Wildman–Crippen LogP) is 3.72. The number of carbonyl (C=O) groups excluding carboxylic acids is 2. The summed E-state index contributed by atoms with van der Waals surface area (Å²) in [6, 6.07) is 21.1. The summed E-state index contributed by atoms with van der Waals surface area (Å²) in [5, 5.41) is 11.4. The molecule has 11 heteroatoms. The van der Waals surface area contributed by atoms with Crippen molar-refractivity contribution >= 4 is 34.2 Å². The number of amides is 1. The molecule has 0 fully saturated rings. The van der Waals surface area contributed by atoms with E-state index < -0.39 is 22.4 Å². The molecule has 2 aromatic carbocycles. The number of nitrogens with zero attached hydrogens (tertiary/aromatic N) is 5. The molecule has 5 aromatic rings. The molecule has 0 N–H and O–H groups in total. The molecule has 200 valence electrons. The molecule has 0 atom stereocenters. The van der Waals surface area contributed by atoms with Crippen LogP contribution in [-0.2, 0) is 17.7 Å². The van der Waals surface area contributed by atoms with E-state index >= 15 is 0 Å². The maximum absolute atomic E-state index is 13.5. The molecule has 0 unspecified atom stereocenters. The Bertz CT molecular complexity index is 1910. The lowest BCUT2D eigenvalue weighted by Crippen LogP contribution is -2.33. The van der Waals surface area contributed by atoms with E-state index in [1.54, 1.807) is 35.9 Å². The van der Waals surface area contributed by atoms with Crippen LogP contribution in [0, 0.1) is 10.1 Å². The molecular weight excluding hydrogens is 514 g/mol. The van der Waals surface area contributed by atoms with Crippen molar-refractivity contribution in [3.05, 3.63) is 128 Å². The molecule has 0 radical (unpaired) electrons. The zero-order chi connectivity index (χ0) is 28.2. The van der Waals surface area contributed by atoms with E-state index in [4.69, 9.17) is 4.74 Å². The Morgan fingerprint density at radius 1 is 1.02 bits per heavy atom. The van der Waals surface area contributed by atoms with Gasteiger partial charge >= 0.3 is 5.97 Å². The standard InChI is InChI=1S/C29H23N5O6/c1-2-40-29(37)23-18-22-25(30-24-13-6-7-15-32(24)28(22)36)33(16-14-19-9-4-3-5-10-19)26(23)31-27(35)20-11-8-12-21(17-20)34(38)39/h3-13,15,17-18H,2,14,16H2,1H3. The first-order valence-electron chi connectivity index (χ1n) is 12.5. The van der Waals surface area contributed by atoms with Gasteiger partial charge in [0.1, 0.15) is 16.9 Å². The van der Waals surface area contributed by atoms with Gasteiger partial charge in [-0.05, 0) is 43.2 Å². The summed E-state index contributed by atoms with van der Waals surface area (Å²) in [6.07, 6.45) is 2.04. The van der Waals surface area contributed by atoms with E-state index in [-0.39, 0.29) is 46.5 Å². The number of ether oxygens (including phenoxy) is 1. The van der Waals surface area contributed by atoms with Crippen LogP contribution in [0.5, 0.6) is 0 Å². The Kier molecular flexibility index (Phi) is 7.27. The van der Waals surface area contributed by atoms with E-state index in [0.717, 1.165) is 11.6 Å². The van der Waals surface area contributed by atoms with Crippen molar-refractivity contribution in [1.82, 2.24) is 14.0 Å². The Balaban J connectivity index is 1.82. The second kappa shape index (κ2) is 11.1. The number of non-ortho nitro benzene ring substituents is 1. The van der Waals surface area contributed by atoms with Gasteiger partial charge in [0.25, 0.3) is 17.2 Å². The topological polar surface area (TPSA) is 138 Å². The maximum atomic E-state index is 13.5. The second-order valence-electron chi connectivity index (χ2n) is 8.80. The minimum atomic E-state index is -0.806. The highest BCUT2D eigenvalue weighted by molar-refractivity contribution is 5.97. The molecule has 0 aliphatic rings. The number of hydrogen-bond acceptors (Lipinski definition) is 7. The Morgan fingerprint density at radius 3 is 2.55 bits per heavy atom. The molecule has 0 aliphatic carbocycles. The van der Waals surface area contributed by atoms with Gasteiger partial charge < -0.3 is 9.30 Å². The van der Waals surface area contributed by atoms with Crippen molar-refractivity contribution in [2.45, 2.75) is 19.9 Å². The molecule has 11 nitrogen and oxygen atoms in total. The van der Waals surface area contributed by atoms with E-state index in [2.05, 4.69) is 9.98 Å². The number of carbonyl (C=O) groups is 2. The highest BCUT2D eigenvalue weighted by Crippen LogP contribution is 2.16. The number of pyridine rings is 2. The van der Waals surface area contributed by atoms with Gasteiger partial charge in [0.2, 0.25) is 0 Å². The van der Waals surface area contributed by atoms with Crippen LogP contribution in [-0.4, -0.2) is 37.4 Å². The number of esters is 1. The van der Waals surface area contributed by atoms with Gasteiger partial charge in [-0.2, -0.15) is 4.99 Å². The summed E-state index contributed by atoms with van der Waals surface area (Å²) < 4.78 is 8.18. The molecule has 40 heavy (non-hydrogen) atoms. The van der Waals surface area contributed by atoms with Crippen molar-refractivity contribution in [1.29, 1.82) is 0 Å². The van der Waals surface area contributed by atoms with Crippen molar-refractivity contribution in [2.24, 2.45) is 4.99 Å². The van der Waals surface area contributed by atoms with Crippen molar-refractivity contribution in [3.8, 4) is 0 Å². The van der Waals surface area contributed by atoms with E-state index in [1.165, 1.54) is 28.7 Å². The average molecular weight is 538 g/mol. The molecule has 0 bridgehead atoms. The number of hydrogen-bond donors (Lipinski definition) is 0. The Hall–Kier alpha value is -5.45. The molecule has 1 amide bonds. The van der Waals surface area contributed by atoms with Gasteiger partial charge in [-0.3, -0.25) is 24.1 Å². The predicted molar refractivity (Wildman–Crippen MR) is 146 cm³/mol. The van der Waals surface area contributed by atoms with Crippen LogP contribution < -0.4 is 11.0 Å². The number of aryl methyl sites for hydroxylation is 2. The smallest absolute Gasteiger partial charge is 0.341 e. The van der Waals surface area contributed by atoms with Gasteiger partial charge in [0.05, 0.1) is 16.9 Å². The Labute approximate surface area is 226 Å². The molecule has 0 aliphatic heterocycles. The van der Waals surface area contributed by atoms with Gasteiger partial charge in [-0.1, -0.05) is 42.5 Å². The monoisotopic (exact) mass is 537 g/mol. The normalized spacial score (nSPS) is 11.6. The van der Waals surface area contributed by atoms with Crippen molar-refractivity contribution in [2.75, 3.05) is 6.61 Å². The largest absolute Gasteiger partial charge is 0.462 e. The summed E-state index contributed by atoms with van der Waals surface area (Å²) in [7, 11) is 0. The molecule has 5 rings (SSSR count). The highest BCUT2D eigenvalue weighted by atomic mass is 16.6. The highest BCUT2D eigenvalue weighted by Gasteiger charge is 2.21. The SMILES string of the molecule is CCOC(=O)c1cc2c(=O)n3ccccc3nc2n(CCc2ccccc2)c1=NC(=O)c1cccc([N+](=O)[O-])c1. The lowest BCUT2D eigenvalue weighted by atomic mass is 10.1. The third kappa shape index (κ3) is 5.12. The third-order valence-corrected chi connectivity index (χ3v) is 6.26. The van der Waals surface area contributed by atoms with Gasteiger partial charge in [-0.15, -0.1) is 0 Å². The van der Waals surface area contributed by atoms with Gasteiger partial charge in [0.15, 0.2) is 5.49 Å². The summed E-state index contributed by atoms with van der Waals surface area (Å²) >= 11 is 0. The number of rotatable bonds is 7. The van der Waals surface area contributed by atoms with Crippen molar-refractivity contribution < 1.29 is 19.2 Å². The zero-order valence-electron chi connectivity index (χ0n) is 21.4. The fraction of sp³-hybridized carbons (Fsp3) is 0.138. The van der Waals surface area contributed by atoms with Crippen LogP contribution in [0.4, 0.5) is 5.69 Å². The van der Waals surface area contributed by atoms with Gasteiger partial charge in [-0.25, -0.2) is 9.78 Å². The van der Waals surface area contributed by atoms with Crippen LogP contribution in [0.3, 0.4) is 0 Å². The van der Waals surface area contributed by atoms with Crippen LogP contribution in [0.15, 0.2) is 94.8 Å². The van der Waals surface area contributed by atoms with Crippen LogP contribution in [0.1, 0.15) is 33.2 Å². The zero-order valence-corrected chi connectivity index (χ0v) is 21.4. The third-order valence-electron chi connectivity index (χ3n) is 6.26. The number of aromatic nitrogens is 3. The number of fused-ring (bicyclic) bond motifs is 2. The summed E-state index contributed by atoms with van der Waals surface area (Å²) in [4.78, 5) is 59.6. The van der Waals surface area contributed by atoms with E-state index in [0.29, 0.717) is 12.1 Å². The van der Waals surface area contributed by atoms with Crippen molar-refractivity contribution in [3.63, 3.8) is 0 Å². The minimum absolute atomic E-state index is 0.0368. The minimum Gasteiger partial charge on any atom is -0.462 e. The Morgan fingerprint density at radius 2 is 1.80 bits per heavy atom. The van der Waals surface area contributed by atoms with Crippen LogP contribution in [0.25, 0.3) is 16.7 Å². The summed E-state index contributed by atoms with van der Waals surface area (Å²) in [6.45, 7) is 1.90. The first-order chi connectivity index (χ1) is 19.4. The number of nitro groups is 1.